The highest BCUT2D eigenvalue weighted by Crippen LogP contribution is 2.15. The second-order valence-corrected chi connectivity index (χ2v) is 1.97. The summed E-state index contributed by atoms with van der Waals surface area (Å²) in [4.78, 5) is 10.1. The first kappa shape index (κ1) is 10.2. The van der Waals surface area contributed by atoms with E-state index in [0.29, 0.717) is 0 Å². The Kier molecular flexibility index (Phi) is 3.31. The van der Waals surface area contributed by atoms with Gasteiger partial charge in [0, 0.05) is 0 Å². The first-order valence-corrected chi connectivity index (χ1v) is 2.80. The first-order valence-electron chi connectivity index (χ1n) is 2.80. The van der Waals surface area contributed by atoms with Gasteiger partial charge in [0.25, 0.3) is 0 Å². The van der Waals surface area contributed by atoms with Crippen molar-refractivity contribution in [1.29, 1.82) is 0 Å². The third kappa shape index (κ3) is 5.65. The molecule has 0 radical (unpaired) electrons. The van der Waals surface area contributed by atoms with Crippen LogP contribution in [0.5, 0.6) is 0 Å². The molecule has 66 valence electrons. The van der Waals surface area contributed by atoms with Gasteiger partial charge in [-0.15, -0.1) is 0 Å². The minimum atomic E-state index is -4.41. The topological polar surface area (TPSA) is 52.3 Å². The SMILES string of the molecule is CC(OCC(F)(F)F)C(N)=O. The Morgan fingerprint density at radius 2 is 2.09 bits per heavy atom. The summed E-state index contributed by atoms with van der Waals surface area (Å²) in [5.74, 6) is -0.908. The molecular weight excluding hydrogens is 163 g/mol. The molecule has 1 amide bonds. The molecule has 0 aromatic heterocycles. The smallest absolute Gasteiger partial charge is 0.367 e. The number of primary amides is 1. The quantitative estimate of drug-likeness (QED) is 0.669. The van der Waals surface area contributed by atoms with E-state index >= 15 is 0 Å². The van der Waals surface area contributed by atoms with Crippen LogP contribution >= 0.6 is 0 Å². The number of ether oxygens (including phenoxy) is 1. The predicted molar refractivity (Wildman–Crippen MR) is 30.7 cm³/mol. The van der Waals surface area contributed by atoms with Crippen LogP contribution < -0.4 is 5.73 Å². The zero-order chi connectivity index (χ0) is 9.07. The van der Waals surface area contributed by atoms with Crippen LogP contribution in [0.1, 0.15) is 6.92 Å². The van der Waals surface area contributed by atoms with E-state index in [9.17, 15) is 18.0 Å². The second kappa shape index (κ2) is 3.56. The highest BCUT2D eigenvalue weighted by atomic mass is 19.4. The van der Waals surface area contributed by atoms with E-state index in [1.165, 1.54) is 0 Å². The molecule has 2 N–H and O–H groups in total. The van der Waals surface area contributed by atoms with Crippen LogP contribution in [0.25, 0.3) is 0 Å². The van der Waals surface area contributed by atoms with Crippen molar-refractivity contribution in [2.45, 2.75) is 19.2 Å². The average Bonchev–Trinajstić information content (AvgIpc) is 1.80. The van der Waals surface area contributed by atoms with Gasteiger partial charge in [-0.05, 0) is 6.92 Å². The fraction of sp³-hybridized carbons (Fsp3) is 0.800. The Hall–Kier alpha value is -0.780. The minimum absolute atomic E-state index is 0.908. The number of halogens is 3. The highest BCUT2D eigenvalue weighted by molar-refractivity contribution is 5.78. The lowest BCUT2D eigenvalue weighted by molar-refractivity contribution is -0.184. The van der Waals surface area contributed by atoms with Crippen LogP contribution in [-0.4, -0.2) is 24.8 Å². The van der Waals surface area contributed by atoms with E-state index in [-0.39, 0.29) is 0 Å². The first-order chi connectivity index (χ1) is 4.83. The van der Waals surface area contributed by atoms with E-state index in [4.69, 9.17) is 0 Å². The molecule has 1 unspecified atom stereocenters. The number of alkyl halides is 3. The van der Waals surface area contributed by atoms with Gasteiger partial charge in [-0.25, -0.2) is 0 Å². The van der Waals surface area contributed by atoms with Crippen LogP contribution in [0.2, 0.25) is 0 Å². The molecule has 0 aliphatic rings. The van der Waals surface area contributed by atoms with Gasteiger partial charge in [0.1, 0.15) is 12.7 Å². The fourth-order valence-corrected chi connectivity index (χ4v) is 0.302. The molecule has 0 aliphatic carbocycles. The zero-order valence-electron chi connectivity index (χ0n) is 5.81. The van der Waals surface area contributed by atoms with E-state index in [0.717, 1.165) is 6.92 Å². The van der Waals surface area contributed by atoms with E-state index < -0.39 is 24.8 Å². The predicted octanol–water partition coefficient (Wildman–Crippen LogP) is 0.439. The normalized spacial score (nSPS) is 14.5. The lowest BCUT2D eigenvalue weighted by atomic mass is 10.4. The Bertz CT molecular complexity index is 145. The van der Waals surface area contributed by atoms with Crippen molar-refractivity contribution in [3.05, 3.63) is 0 Å². The number of amides is 1. The van der Waals surface area contributed by atoms with E-state index in [1.807, 2.05) is 0 Å². The summed E-state index contributed by atoms with van der Waals surface area (Å²) in [5.41, 5.74) is 4.63. The number of hydrogen-bond donors (Lipinski definition) is 1. The van der Waals surface area contributed by atoms with Crippen molar-refractivity contribution in [3.63, 3.8) is 0 Å². The van der Waals surface area contributed by atoms with Crippen LogP contribution in [-0.2, 0) is 9.53 Å². The maximum Gasteiger partial charge on any atom is 0.411 e. The van der Waals surface area contributed by atoms with Crippen LogP contribution in [0.3, 0.4) is 0 Å². The molecule has 0 aliphatic heterocycles. The van der Waals surface area contributed by atoms with Gasteiger partial charge >= 0.3 is 6.18 Å². The number of carbonyl (C=O) groups is 1. The highest BCUT2D eigenvalue weighted by Gasteiger charge is 2.29. The summed E-state index contributed by atoms with van der Waals surface area (Å²) >= 11 is 0. The summed E-state index contributed by atoms with van der Waals surface area (Å²) in [6.07, 6.45) is -5.61. The Labute approximate surface area is 61.3 Å². The lowest BCUT2D eigenvalue weighted by Gasteiger charge is -2.10. The number of hydrogen-bond acceptors (Lipinski definition) is 2. The lowest BCUT2D eigenvalue weighted by Crippen LogP contribution is -2.31. The van der Waals surface area contributed by atoms with Crippen molar-refractivity contribution < 1.29 is 22.7 Å². The molecular formula is C5H8F3NO2. The van der Waals surface area contributed by atoms with Gasteiger partial charge in [-0.1, -0.05) is 0 Å². The van der Waals surface area contributed by atoms with Crippen molar-refractivity contribution in [2.75, 3.05) is 6.61 Å². The number of nitrogens with two attached hydrogens (primary N) is 1. The van der Waals surface area contributed by atoms with Gasteiger partial charge in [0.05, 0.1) is 0 Å². The van der Waals surface area contributed by atoms with E-state index in [2.05, 4.69) is 10.5 Å². The molecule has 6 heteroatoms. The standard InChI is InChI=1S/C5H8F3NO2/c1-3(4(9)10)11-2-5(6,7)8/h3H,2H2,1H3,(H2,9,10). The van der Waals surface area contributed by atoms with Gasteiger partial charge in [0.15, 0.2) is 0 Å². The molecule has 0 saturated carbocycles. The summed E-state index contributed by atoms with van der Waals surface area (Å²) in [5, 5.41) is 0. The Balaban J connectivity index is 3.63. The summed E-state index contributed by atoms with van der Waals surface area (Å²) in [6.45, 7) is -0.287. The van der Waals surface area contributed by atoms with Crippen molar-refractivity contribution in [1.82, 2.24) is 0 Å². The fourth-order valence-electron chi connectivity index (χ4n) is 0.302. The zero-order valence-corrected chi connectivity index (χ0v) is 5.81. The molecule has 0 saturated heterocycles. The van der Waals surface area contributed by atoms with Crippen LogP contribution in [0.15, 0.2) is 0 Å². The second-order valence-electron chi connectivity index (χ2n) is 1.97. The molecule has 0 rings (SSSR count). The molecule has 0 heterocycles. The summed E-state index contributed by atoms with van der Waals surface area (Å²) in [6, 6.07) is 0. The minimum Gasteiger partial charge on any atom is -0.367 e. The number of rotatable bonds is 3. The van der Waals surface area contributed by atoms with Crippen LogP contribution in [0.4, 0.5) is 13.2 Å². The summed E-state index contributed by atoms with van der Waals surface area (Å²) in [7, 11) is 0. The van der Waals surface area contributed by atoms with Crippen LogP contribution in [0, 0.1) is 0 Å². The molecule has 0 aromatic carbocycles. The largest absolute Gasteiger partial charge is 0.411 e. The monoisotopic (exact) mass is 171 g/mol. The third-order valence-corrected chi connectivity index (χ3v) is 0.898. The molecule has 3 nitrogen and oxygen atoms in total. The Morgan fingerprint density at radius 1 is 1.64 bits per heavy atom. The molecule has 11 heavy (non-hydrogen) atoms. The molecule has 0 bridgehead atoms. The van der Waals surface area contributed by atoms with Crippen molar-refractivity contribution in [3.8, 4) is 0 Å². The van der Waals surface area contributed by atoms with E-state index in [1.54, 1.807) is 0 Å². The third-order valence-electron chi connectivity index (χ3n) is 0.898. The van der Waals surface area contributed by atoms with Crippen molar-refractivity contribution >= 4 is 5.91 Å². The van der Waals surface area contributed by atoms with Gasteiger partial charge < -0.3 is 10.5 Å². The molecule has 0 spiro atoms. The maximum absolute atomic E-state index is 11.4. The molecule has 0 fully saturated rings. The molecule has 1 atom stereocenters. The van der Waals surface area contributed by atoms with Gasteiger partial charge in [-0.3, -0.25) is 4.79 Å². The van der Waals surface area contributed by atoms with Gasteiger partial charge in [-0.2, -0.15) is 13.2 Å². The molecule has 0 aromatic rings. The maximum atomic E-state index is 11.4. The Morgan fingerprint density at radius 3 is 2.36 bits per heavy atom. The average molecular weight is 171 g/mol. The van der Waals surface area contributed by atoms with Gasteiger partial charge in [0.2, 0.25) is 5.91 Å². The van der Waals surface area contributed by atoms with Crippen molar-refractivity contribution in [2.24, 2.45) is 5.73 Å². The summed E-state index contributed by atoms with van der Waals surface area (Å²) < 4.78 is 38.3. The number of carbonyl (C=O) groups excluding carboxylic acids is 1.